The van der Waals surface area contributed by atoms with E-state index in [2.05, 4.69) is 5.32 Å². The van der Waals surface area contributed by atoms with Gasteiger partial charge < -0.3 is 4.42 Å². The molecule has 0 radical (unpaired) electrons. The zero-order chi connectivity index (χ0) is 23.8. The van der Waals surface area contributed by atoms with Crippen LogP contribution in [-0.4, -0.2) is 16.9 Å². The van der Waals surface area contributed by atoms with Crippen molar-refractivity contribution in [3.8, 4) is 11.3 Å². The molecule has 172 valence electrons. The number of rotatable bonds is 6. The van der Waals surface area contributed by atoms with Crippen molar-refractivity contribution in [2.24, 2.45) is 0 Å². The minimum Gasteiger partial charge on any atom is -0.466 e. The summed E-state index contributed by atoms with van der Waals surface area (Å²) >= 11 is 0. The molecule has 0 amide bonds. The fourth-order valence-corrected chi connectivity index (χ4v) is 4.39. The Hall–Kier alpha value is -3.87. The zero-order valence-electron chi connectivity index (χ0n) is 18.9. The van der Waals surface area contributed by atoms with E-state index in [4.69, 9.17) is 9.40 Å². The first-order chi connectivity index (χ1) is 16.4. The predicted octanol–water partition coefficient (Wildman–Crippen LogP) is 5.05. The van der Waals surface area contributed by atoms with E-state index in [-0.39, 0.29) is 17.9 Å². The van der Waals surface area contributed by atoms with Crippen LogP contribution in [0, 0.1) is 18.6 Å². The second-order valence-corrected chi connectivity index (χ2v) is 8.46. The summed E-state index contributed by atoms with van der Waals surface area (Å²) in [6, 6.07) is 14.9. The topological polar surface area (TPSA) is 59.0 Å². The second-order valence-electron chi connectivity index (χ2n) is 8.46. The summed E-state index contributed by atoms with van der Waals surface area (Å²) in [7, 11) is 0. The number of fused-ring (bicyclic) bond motifs is 1. The molecule has 1 unspecified atom stereocenters. The average molecular weight is 461 g/mol. The molecule has 1 aliphatic rings. The van der Waals surface area contributed by atoms with Crippen LogP contribution in [0.1, 0.15) is 40.1 Å². The van der Waals surface area contributed by atoms with Gasteiger partial charge in [0.1, 0.15) is 29.1 Å². The van der Waals surface area contributed by atoms with E-state index >= 15 is 0 Å². The first kappa shape index (κ1) is 21.9. The number of halogens is 2. The van der Waals surface area contributed by atoms with Gasteiger partial charge in [-0.2, -0.15) is 4.57 Å². The summed E-state index contributed by atoms with van der Waals surface area (Å²) in [6.45, 7) is 4.01. The molecule has 1 N–H and O–H groups in total. The summed E-state index contributed by atoms with van der Waals surface area (Å²) in [5.41, 5.74) is 3.10. The van der Waals surface area contributed by atoms with Gasteiger partial charge in [0.25, 0.3) is 0 Å². The molecule has 1 atom stereocenters. The Balaban J connectivity index is 1.55. The van der Waals surface area contributed by atoms with Crippen molar-refractivity contribution < 1.29 is 22.6 Å². The highest BCUT2D eigenvalue weighted by atomic mass is 19.2. The lowest BCUT2D eigenvalue weighted by atomic mass is 10.1. The van der Waals surface area contributed by atoms with E-state index in [1.54, 1.807) is 6.20 Å². The second kappa shape index (κ2) is 8.82. The van der Waals surface area contributed by atoms with Gasteiger partial charge in [0, 0.05) is 18.4 Å². The molecule has 1 aliphatic heterocycles. The molecule has 0 spiro atoms. The maximum Gasteiger partial charge on any atom is 0.359 e. The Labute approximate surface area is 196 Å². The van der Waals surface area contributed by atoms with Gasteiger partial charge in [-0.3, -0.25) is 5.32 Å². The molecule has 0 saturated carbocycles. The van der Waals surface area contributed by atoms with Crippen molar-refractivity contribution in [1.82, 2.24) is 4.98 Å². The van der Waals surface area contributed by atoms with E-state index in [1.165, 1.54) is 16.7 Å². The molecule has 34 heavy (non-hydrogen) atoms. The molecule has 0 bridgehead atoms. The Morgan fingerprint density at radius 3 is 2.65 bits per heavy atom. The van der Waals surface area contributed by atoms with Crippen LogP contribution in [0.3, 0.4) is 0 Å². The standard InChI is InChI=1S/C27H23F2N3O2/c1-3-24-16(2)12-19(34-24)14-22-27(33)32-15-23(17-8-5-4-6-9-17)30-21(26(32)31-22)13-18-10-7-11-20(28)25(18)29/h4-12,15,22H,3,13-14H2,1-2H3/p+1. The normalized spacial score (nSPS) is 14.8. The number of benzene rings is 2. The number of nitrogens with zero attached hydrogens (tertiary/aromatic N) is 2. The number of aromatic nitrogens is 2. The smallest absolute Gasteiger partial charge is 0.359 e. The van der Waals surface area contributed by atoms with Crippen LogP contribution in [0.5, 0.6) is 0 Å². The lowest BCUT2D eigenvalue weighted by molar-refractivity contribution is -0.552. The molecule has 0 saturated heterocycles. The average Bonchev–Trinajstić information content (AvgIpc) is 3.36. The number of hydrogen-bond donors (Lipinski definition) is 1. The predicted molar refractivity (Wildman–Crippen MR) is 124 cm³/mol. The fraction of sp³-hybridized carbons (Fsp3) is 0.222. The quantitative estimate of drug-likeness (QED) is 0.410. The van der Waals surface area contributed by atoms with Crippen LogP contribution >= 0.6 is 0 Å². The van der Waals surface area contributed by atoms with E-state index < -0.39 is 17.7 Å². The largest absolute Gasteiger partial charge is 0.466 e. The molecule has 5 nitrogen and oxygen atoms in total. The summed E-state index contributed by atoms with van der Waals surface area (Å²) < 4.78 is 35.8. The van der Waals surface area contributed by atoms with Crippen molar-refractivity contribution in [2.75, 3.05) is 5.32 Å². The third kappa shape index (κ3) is 3.98. The third-order valence-electron chi connectivity index (χ3n) is 6.12. The molecule has 4 aromatic rings. The first-order valence-corrected chi connectivity index (χ1v) is 11.3. The highest BCUT2D eigenvalue weighted by molar-refractivity contribution is 5.82. The van der Waals surface area contributed by atoms with Gasteiger partial charge in [-0.05, 0) is 30.2 Å². The summed E-state index contributed by atoms with van der Waals surface area (Å²) in [5, 5.41) is 3.26. The molecule has 3 heterocycles. The van der Waals surface area contributed by atoms with Crippen molar-refractivity contribution in [3.05, 3.63) is 101 Å². The lowest BCUT2D eigenvalue weighted by Gasteiger charge is -2.08. The molecule has 2 aromatic heterocycles. The minimum absolute atomic E-state index is 0.0342. The van der Waals surface area contributed by atoms with Crippen LogP contribution < -0.4 is 9.88 Å². The van der Waals surface area contributed by atoms with Crippen molar-refractivity contribution in [2.45, 2.75) is 39.2 Å². The number of hydrogen-bond acceptors (Lipinski definition) is 4. The number of carbonyl (C=O) groups excluding carboxylic acids is 1. The fourth-order valence-electron chi connectivity index (χ4n) is 4.39. The van der Waals surface area contributed by atoms with Crippen LogP contribution in [0.15, 0.2) is 65.2 Å². The lowest BCUT2D eigenvalue weighted by Crippen LogP contribution is -2.44. The number of carbonyl (C=O) groups is 1. The van der Waals surface area contributed by atoms with Gasteiger partial charge in [-0.15, -0.1) is 0 Å². The van der Waals surface area contributed by atoms with Crippen LogP contribution in [0.2, 0.25) is 0 Å². The molecular formula is C27H24F2N3O2+. The van der Waals surface area contributed by atoms with E-state index in [9.17, 15) is 13.6 Å². The van der Waals surface area contributed by atoms with Crippen LogP contribution in [0.25, 0.3) is 11.3 Å². The Morgan fingerprint density at radius 1 is 1.12 bits per heavy atom. The van der Waals surface area contributed by atoms with Gasteiger partial charge in [-0.25, -0.2) is 18.6 Å². The number of aryl methyl sites for hydroxylation is 2. The highest BCUT2D eigenvalue weighted by Gasteiger charge is 2.41. The maximum atomic E-state index is 14.5. The molecule has 7 heteroatoms. The maximum absolute atomic E-state index is 14.5. The highest BCUT2D eigenvalue weighted by Crippen LogP contribution is 2.26. The number of nitrogens with one attached hydrogen (secondary N) is 1. The minimum atomic E-state index is -0.914. The van der Waals surface area contributed by atoms with Gasteiger partial charge in [0.15, 0.2) is 11.6 Å². The zero-order valence-corrected chi connectivity index (χ0v) is 18.9. The van der Waals surface area contributed by atoms with Crippen LogP contribution in [0.4, 0.5) is 14.6 Å². The Bertz CT molecular complexity index is 1380. The third-order valence-corrected chi connectivity index (χ3v) is 6.12. The van der Waals surface area contributed by atoms with Crippen molar-refractivity contribution in [3.63, 3.8) is 0 Å². The molecular weight excluding hydrogens is 436 g/mol. The summed E-state index contributed by atoms with van der Waals surface area (Å²) in [4.78, 5) is 18.1. The Morgan fingerprint density at radius 2 is 1.91 bits per heavy atom. The van der Waals surface area contributed by atoms with Crippen molar-refractivity contribution in [1.29, 1.82) is 0 Å². The van der Waals surface area contributed by atoms with E-state index in [0.717, 1.165) is 35.1 Å². The van der Waals surface area contributed by atoms with E-state index in [1.807, 2.05) is 50.2 Å². The van der Waals surface area contributed by atoms with Crippen molar-refractivity contribution >= 4 is 11.7 Å². The van der Waals surface area contributed by atoms with Crippen LogP contribution in [-0.2, 0) is 19.3 Å². The number of furan rings is 1. The van der Waals surface area contributed by atoms with E-state index in [0.29, 0.717) is 23.6 Å². The summed E-state index contributed by atoms with van der Waals surface area (Å²) in [6.07, 6.45) is 2.87. The Kier molecular flexibility index (Phi) is 5.69. The molecule has 0 fully saturated rings. The van der Waals surface area contributed by atoms with Gasteiger partial charge in [0.05, 0.1) is 6.42 Å². The van der Waals surface area contributed by atoms with Gasteiger partial charge in [-0.1, -0.05) is 49.4 Å². The molecule has 0 aliphatic carbocycles. The summed E-state index contributed by atoms with van der Waals surface area (Å²) in [5.74, 6) is 0.138. The van der Waals surface area contributed by atoms with Gasteiger partial charge >= 0.3 is 11.7 Å². The van der Waals surface area contributed by atoms with Gasteiger partial charge in [0.2, 0.25) is 6.04 Å². The molecule has 5 rings (SSSR count). The monoisotopic (exact) mass is 460 g/mol. The SMILES string of the molecule is CCc1oc(CC2Nc3c(Cc4cccc(F)c4F)nc(-c4ccccc4)c[n+]3C2=O)cc1C. The first-order valence-electron chi connectivity index (χ1n) is 11.3. The number of anilines is 1. The molecule has 2 aromatic carbocycles.